The highest BCUT2D eigenvalue weighted by atomic mass is 16.5. The number of rotatable bonds is 9. The lowest BCUT2D eigenvalue weighted by Crippen LogP contribution is -2.10. The van der Waals surface area contributed by atoms with Crippen LogP contribution >= 0.6 is 0 Å². The Balaban J connectivity index is 1.45. The molecule has 0 fully saturated rings. The topological polar surface area (TPSA) is 109 Å². The summed E-state index contributed by atoms with van der Waals surface area (Å²) in [5.41, 5.74) is 2.26. The minimum Gasteiger partial charge on any atom is -0.493 e. The molecular formula is C24H22N6O4. The molecule has 1 N–H and O–H groups in total. The zero-order valence-electron chi connectivity index (χ0n) is 18.6. The zero-order chi connectivity index (χ0) is 23.3. The number of hydrogen-bond acceptors (Lipinski definition) is 9. The number of methoxy groups -OCH3 is 2. The van der Waals surface area contributed by atoms with Gasteiger partial charge in [-0.05, 0) is 35.9 Å². The molecular weight excluding hydrogens is 436 g/mol. The van der Waals surface area contributed by atoms with Crippen LogP contribution in [0.25, 0.3) is 17.2 Å². The lowest BCUT2D eigenvalue weighted by atomic mass is 10.2. The summed E-state index contributed by atoms with van der Waals surface area (Å²) >= 11 is 0. The monoisotopic (exact) mass is 458 g/mol. The van der Waals surface area contributed by atoms with Crippen LogP contribution in [0.1, 0.15) is 11.3 Å². The van der Waals surface area contributed by atoms with Gasteiger partial charge in [-0.3, -0.25) is 0 Å². The smallest absolute Gasteiger partial charge is 0.226 e. The first-order chi connectivity index (χ1) is 16.7. The van der Waals surface area contributed by atoms with E-state index in [0.717, 1.165) is 5.56 Å². The van der Waals surface area contributed by atoms with Gasteiger partial charge in [0.15, 0.2) is 22.9 Å². The predicted octanol–water partition coefficient (Wildman–Crippen LogP) is 3.99. The standard InChI is InChI=1S/C24H22N6O4/c1-31-18-9-8-16(12-20(18)32-2)14-26-24-27-17(15-34-22-7-3-4-10-25-22)13-21-28-23(29-30(21)24)19-6-5-11-33-19/h3-13H,14-15H2,1-2H3,(H,26,27). The first-order valence-corrected chi connectivity index (χ1v) is 10.5. The van der Waals surface area contributed by atoms with E-state index >= 15 is 0 Å². The molecule has 0 saturated carbocycles. The Bertz CT molecular complexity index is 1390. The van der Waals surface area contributed by atoms with Gasteiger partial charge in [0.1, 0.15) is 6.61 Å². The van der Waals surface area contributed by atoms with E-state index in [1.807, 2.05) is 42.5 Å². The summed E-state index contributed by atoms with van der Waals surface area (Å²) in [6.07, 6.45) is 3.26. The van der Waals surface area contributed by atoms with Gasteiger partial charge in [0.05, 0.1) is 26.2 Å². The second kappa shape index (κ2) is 9.49. The predicted molar refractivity (Wildman–Crippen MR) is 124 cm³/mol. The van der Waals surface area contributed by atoms with Crippen LogP contribution in [-0.2, 0) is 13.2 Å². The quantitative estimate of drug-likeness (QED) is 0.351. The summed E-state index contributed by atoms with van der Waals surface area (Å²) in [7, 11) is 3.22. The van der Waals surface area contributed by atoms with E-state index in [4.69, 9.17) is 23.6 Å². The maximum atomic E-state index is 5.79. The second-order valence-corrected chi connectivity index (χ2v) is 7.25. The van der Waals surface area contributed by atoms with Crippen molar-refractivity contribution in [1.82, 2.24) is 24.6 Å². The average Bonchev–Trinajstić information content (AvgIpc) is 3.56. The van der Waals surface area contributed by atoms with Crippen LogP contribution in [0.4, 0.5) is 5.95 Å². The highest BCUT2D eigenvalue weighted by Crippen LogP contribution is 2.28. The molecule has 0 aliphatic rings. The van der Waals surface area contributed by atoms with Crippen molar-refractivity contribution >= 4 is 11.6 Å². The number of anilines is 1. The molecule has 0 radical (unpaired) electrons. The third-order valence-electron chi connectivity index (χ3n) is 5.02. The number of fused-ring (bicyclic) bond motifs is 1. The second-order valence-electron chi connectivity index (χ2n) is 7.25. The number of nitrogens with zero attached hydrogens (tertiary/aromatic N) is 5. The van der Waals surface area contributed by atoms with E-state index in [1.165, 1.54) is 0 Å². The summed E-state index contributed by atoms with van der Waals surface area (Å²) in [6, 6.07) is 16.6. The Morgan fingerprint density at radius 3 is 2.65 bits per heavy atom. The Labute approximate surface area is 195 Å². The molecule has 4 aromatic heterocycles. The minimum atomic E-state index is 0.224. The van der Waals surface area contributed by atoms with Crippen LogP contribution in [-0.4, -0.2) is 38.8 Å². The highest BCUT2D eigenvalue weighted by molar-refractivity contribution is 5.55. The third kappa shape index (κ3) is 4.46. The van der Waals surface area contributed by atoms with Crippen molar-refractivity contribution in [3.8, 4) is 29.0 Å². The van der Waals surface area contributed by atoms with Gasteiger partial charge in [0.25, 0.3) is 0 Å². The van der Waals surface area contributed by atoms with Crippen molar-refractivity contribution in [1.29, 1.82) is 0 Å². The minimum absolute atomic E-state index is 0.224. The Hall–Kier alpha value is -4.60. The largest absolute Gasteiger partial charge is 0.493 e. The summed E-state index contributed by atoms with van der Waals surface area (Å²) in [6.45, 7) is 0.699. The normalized spacial score (nSPS) is 10.9. The van der Waals surface area contributed by atoms with Gasteiger partial charge in [-0.1, -0.05) is 12.1 Å². The molecule has 0 aliphatic heterocycles. The van der Waals surface area contributed by atoms with Gasteiger partial charge in [0, 0.05) is 24.9 Å². The fourth-order valence-corrected chi connectivity index (χ4v) is 3.39. The highest BCUT2D eigenvalue weighted by Gasteiger charge is 2.15. The van der Waals surface area contributed by atoms with Crippen molar-refractivity contribution in [3.05, 3.63) is 78.3 Å². The fraction of sp³-hybridized carbons (Fsp3) is 0.167. The van der Waals surface area contributed by atoms with Crippen molar-refractivity contribution in [2.75, 3.05) is 19.5 Å². The van der Waals surface area contributed by atoms with E-state index in [0.29, 0.717) is 52.8 Å². The van der Waals surface area contributed by atoms with Gasteiger partial charge < -0.3 is 23.9 Å². The number of benzene rings is 1. The molecule has 34 heavy (non-hydrogen) atoms. The molecule has 0 spiro atoms. The van der Waals surface area contributed by atoms with Crippen LogP contribution < -0.4 is 19.5 Å². The zero-order valence-corrected chi connectivity index (χ0v) is 18.6. The number of hydrogen-bond donors (Lipinski definition) is 1. The number of nitrogens with one attached hydrogen (secondary N) is 1. The van der Waals surface area contributed by atoms with Crippen molar-refractivity contribution in [3.63, 3.8) is 0 Å². The summed E-state index contributed by atoms with van der Waals surface area (Å²) in [5, 5.41) is 7.92. The van der Waals surface area contributed by atoms with Crippen LogP contribution in [0.15, 0.2) is 71.5 Å². The van der Waals surface area contributed by atoms with Crippen LogP contribution in [0.2, 0.25) is 0 Å². The van der Waals surface area contributed by atoms with E-state index in [2.05, 4.69) is 20.4 Å². The molecule has 0 bridgehead atoms. The number of pyridine rings is 1. The van der Waals surface area contributed by atoms with Crippen LogP contribution in [0.5, 0.6) is 17.4 Å². The Morgan fingerprint density at radius 2 is 1.88 bits per heavy atom. The summed E-state index contributed by atoms with van der Waals surface area (Å²) in [4.78, 5) is 13.5. The van der Waals surface area contributed by atoms with Gasteiger partial charge in [-0.25, -0.2) is 15.0 Å². The Kier molecular flexibility index (Phi) is 5.93. The van der Waals surface area contributed by atoms with Gasteiger partial charge in [-0.15, -0.1) is 5.10 Å². The molecule has 0 saturated heterocycles. The molecule has 0 atom stereocenters. The van der Waals surface area contributed by atoms with Gasteiger partial charge in [-0.2, -0.15) is 4.52 Å². The molecule has 5 aromatic rings. The molecule has 10 heteroatoms. The SMILES string of the molecule is COc1ccc(CNc2nc(COc3ccccn3)cc3nc(-c4ccco4)nn23)cc1OC. The lowest BCUT2D eigenvalue weighted by Gasteiger charge is -2.12. The molecule has 0 amide bonds. The van der Waals surface area contributed by atoms with Crippen LogP contribution in [0.3, 0.4) is 0 Å². The first kappa shape index (κ1) is 21.3. The average molecular weight is 458 g/mol. The van der Waals surface area contributed by atoms with E-state index in [9.17, 15) is 0 Å². The van der Waals surface area contributed by atoms with Crippen molar-refractivity contribution in [2.24, 2.45) is 0 Å². The fourth-order valence-electron chi connectivity index (χ4n) is 3.39. The summed E-state index contributed by atoms with van der Waals surface area (Å²) in [5.74, 6) is 3.38. The maximum absolute atomic E-state index is 5.79. The molecule has 4 heterocycles. The van der Waals surface area contributed by atoms with Crippen molar-refractivity contribution in [2.45, 2.75) is 13.2 Å². The molecule has 5 rings (SSSR count). The Morgan fingerprint density at radius 1 is 0.971 bits per heavy atom. The molecule has 172 valence electrons. The number of furan rings is 1. The molecule has 10 nitrogen and oxygen atoms in total. The molecule has 0 unspecified atom stereocenters. The maximum Gasteiger partial charge on any atom is 0.226 e. The van der Waals surface area contributed by atoms with Crippen LogP contribution in [0, 0.1) is 0 Å². The summed E-state index contributed by atoms with van der Waals surface area (Å²) < 4.78 is 23.6. The van der Waals surface area contributed by atoms with Gasteiger partial charge >= 0.3 is 0 Å². The number of ether oxygens (including phenoxy) is 3. The van der Waals surface area contributed by atoms with E-state index < -0.39 is 0 Å². The molecule has 0 aliphatic carbocycles. The third-order valence-corrected chi connectivity index (χ3v) is 5.02. The van der Waals surface area contributed by atoms with E-state index in [-0.39, 0.29) is 6.61 Å². The van der Waals surface area contributed by atoms with E-state index in [1.54, 1.807) is 43.3 Å². The number of aromatic nitrogens is 5. The first-order valence-electron chi connectivity index (χ1n) is 10.5. The van der Waals surface area contributed by atoms with Crippen molar-refractivity contribution < 1.29 is 18.6 Å². The molecule has 1 aromatic carbocycles. The lowest BCUT2D eigenvalue weighted by molar-refractivity contribution is 0.289. The van der Waals surface area contributed by atoms with Gasteiger partial charge in [0.2, 0.25) is 17.7 Å².